The molecule has 0 radical (unpaired) electrons. The first-order valence-electron chi connectivity index (χ1n) is 7.54. The zero-order valence-corrected chi connectivity index (χ0v) is 13.6. The average molecular weight is 322 g/mol. The zero-order valence-electron chi connectivity index (χ0n) is 12.7. The summed E-state index contributed by atoms with van der Waals surface area (Å²) in [6, 6.07) is 9.33. The van der Waals surface area contributed by atoms with Gasteiger partial charge in [0.15, 0.2) is 0 Å². The summed E-state index contributed by atoms with van der Waals surface area (Å²) < 4.78 is 26.0. The Morgan fingerprint density at radius 1 is 1.27 bits per heavy atom. The number of nitrogens with one attached hydrogen (secondary N) is 1. The molecular formula is C16H22N2O3S. The van der Waals surface area contributed by atoms with E-state index in [9.17, 15) is 13.2 Å². The Labute approximate surface area is 132 Å². The number of benzene rings is 1. The van der Waals surface area contributed by atoms with Gasteiger partial charge in [0.25, 0.3) is 0 Å². The van der Waals surface area contributed by atoms with E-state index < -0.39 is 10.0 Å². The van der Waals surface area contributed by atoms with E-state index in [0.717, 1.165) is 5.56 Å². The van der Waals surface area contributed by atoms with E-state index >= 15 is 0 Å². The molecule has 0 spiro atoms. The zero-order chi connectivity index (χ0) is 16.0. The van der Waals surface area contributed by atoms with E-state index in [1.54, 1.807) is 6.08 Å². The first-order valence-corrected chi connectivity index (χ1v) is 9.04. The van der Waals surface area contributed by atoms with Crippen molar-refractivity contribution in [3.05, 3.63) is 41.3 Å². The molecule has 1 aliphatic heterocycles. The highest BCUT2D eigenvalue weighted by atomic mass is 32.2. The minimum absolute atomic E-state index is 0.0272. The molecule has 0 aromatic heterocycles. The fourth-order valence-corrected chi connectivity index (χ4v) is 3.73. The van der Waals surface area contributed by atoms with Gasteiger partial charge in [0, 0.05) is 31.0 Å². The lowest BCUT2D eigenvalue weighted by Crippen LogP contribution is -2.42. The molecule has 120 valence electrons. The van der Waals surface area contributed by atoms with Crippen LogP contribution in [0.25, 0.3) is 6.08 Å². The molecule has 1 N–H and O–H groups in total. The molecule has 0 atom stereocenters. The summed E-state index contributed by atoms with van der Waals surface area (Å²) in [6.07, 6.45) is 2.75. The summed E-state index contributed by atoms with van der Waals surface area (Å²) in [5.74, 6) is -0.0520. The minimum Gasteiger partial charge on any atom is -0.356 e. The molecule has 0 saturated carbocycles. The van der Waals surface area contributed by atoms with Crippen molar-refractivity contribution < 1.29 is 13.2 Å². The van der Waals surface area contributed by atoms with Crippen LogP contribution in [0.15, 0.2) is 35.7 Å². The van der Waals surface area contributed by atoms with Gasteiger partial charge in [0.1, 0.15) is 0 Å². The van der Waals surface area contributed by atoms with E-state index in [0.29, 0.717) is 32.5 Å². The molecule has 1 saturated heterocycles. The van der Waals surface area contributed by atoms with Gasteiger partial charge in [-0.05, 0) is 31.4 Å². The number of hydrogen-bond acceptors (Lipinski definition) is 3. The highest BCUT2D eigenvalue weighted by Crippen LogP contribution is 2.20. The van der Waals surface area contributed by atoms with Crippen LogP contribution in [0.5, 0.6) is 0 Å². The third kappa shape index (κ3) is 4.42. The van der Waals surface area contributed by atoms with Gasteiger partial charge in [0.05, 0.1) is 0 Å². The van der Waals surface area contributed by atoms with E-state index in [2.05, 4.69) is 5.32 Å². The molecule has 1 fully saturated rings. The van der Waals surface area contributed by atoms with Crippen LogP contribution < -0.4 is 5.32 Å². The molecule has 1 amide bonds. The van der Waals surface area contributed by atoms with Crippen LogP contribution in [-0.2, 0) is 14.8 Å². The summed E-state index contributed by atoms with van der Waals surface area (Å²) in [7, 11) is -3.42. The van der Waals surface area contributed by atoms with Crippen molar-refractivity contribution in [2.45, 2.75) is 19.8 Å². The van der Waals surface area contributed by atoms with Crippen molar-refractivity contribution in [1.29, 1.82) is 0 Å². The van der Waals surface area contributed by atoms with E-state index in [4.69, 9.17) is 0 Å². The van der Waals surface area contributed by atoms with Crippen LogP contribution in [0.1, 0.15) is 25.3 Å². The van der Waals surface area contributed by atoms with E-state index in [1.165, 1.54) is 9.71 Å². The Balaban J connectivity index is 1.95. The van der Waals surface area contributed by atoms with Gasteiger partial charge in [-0.25, -0.2) is 8.42 Å². The number of rotatable bonds is 5. The molecular weight excluding hydrogens is 300 g/mol. The molecule has 0 unspecified atom stereocenters. The molecule has 0 aliphatic carbocycles. The third-order valence-corrected chi connectivity index (χ3v) is 5.33. The summed E-state index contributed by atoms with van der Waals surface area (Å²) in [5.41, 5.74) is 0.850. The van der Waals surface area contributed by atoms with Crippen molar-refractivity contribution in [1.82, 2.24) is 9.62 Å². The number of carbonyl (C=O) groups is 1. The monoisotopic (exact) mass is 322 g/mol. The summed E-state index contributed by atoms with van der Waals surface area (Å²) in [4.78, 5) is 11.8. The number of nitrogens with zero attached hydrogens (tertiary/aromatic N) is 1. The predicted molar refractivity (Wildman–Crippen MR) is 87.4 cm³/mol. The lowest BCUT2D eigenvalue weighted by molar-refractivity contribution is -0.125. The average Bonchev–Trinajstić information content (AvgIpc) is 2.54. The molecule has 6 heteroatoms. The fraction of sp³-hybridized carbons (Fsp3) is 0.438. The highest BCUT2D eigenvalue weighted by Gasteiger charge is 2.29. The van der Waals surface area contributed by atoms with Gasteiger partial charge in [-0.2, -0.15) is 4.31 Å². The molecule has 22 heavy (non-hydrogen) atoms. The Bertz CT molecular complexity index is 618. The van der Waals surface area contributed by atoms with Crippen LogP contribution in [0, 0.1) is 5.92 Å². The van der Waals surface area contributed by atoms with Gasteiger partial charge in [-0.1, -0.05) is 30.3 Å². The first-order chi connectivity index (χ1) is 10.5. The maximum Gasteiger partial charge on any atom is 0.236 e. The van der Waals surface area contributed by atoms with Gasteiger partial charge in [-0.15, -0.1) is 0 Å². The number of sulfonamides is 1. The van der Waals surface area contributed by atoms with Gasteiger partial charge >= 0.3 is 0 Å². The molecule has 1 heterocycles. The normalized spacial score (nSPS) is 17.7. The highest BCUT2D eigenvalue weighted by molar-refractivity contribution is 7.92. The minimum atomic E-state index is -3.42. The summed E-state index contributed by atoms with van der Waals surface area (Å²) in [6.45, 7) is 3.27. The topological polar surface area (TPSA) is 66.5 Å². The largest absolute Gasteiger partial charge is 0.356 e. The summed E-state index contributed by atoms with van der Waals surface area (Å²) in [5, 5.41) is 4.04. The Morgan fingerprint density at radius 3 is 2.50 bits per heavy atom. The summed E-state index contributed by atoms with van der Waals surface area (Å²) >= 11 is 0. The number of piperidine rings is 1. The molecule has 5 nitrogen and oxygen atoms in total. The maximum atomic E-state index is 12.3. The van der Waals surface area contributed by atoms with Gasteiger partial charge in [0.2, 0.25) is 15.9 Å². The first kappa shape index (κ1) is 16.7. The van der Waals surface area contributed by atoms with Crippen molar-refractivity contribution >= 4 is 22.0 Å². The number of amides is 1. The van der Waals surface area contributed by atoms with Crippen molar-refractivity contribution in [2.24, 2.45) is 5.92 Å². The van der Waals surface area contributed by atoms with E-state index in [1.807, 2.05) is 37.3 Å². The quantitative estimate of drug-likeness (QED) is 0.899. The Hall–Kier alpha value is -1.66. The lowest BCUT2D eigenvalue weighted by atomic mass is 9.97. The fourth-order valence-electron chi connectivity index (χ4n) is 2.51. The van der Waals surface area contributed by atoms with Crippen molar-refractivity contribution in [2.75, 3.05) is 19.6 Å². The van der Waals surface area contributed by atoms with Crippen molar-refractivity contribution in [3.8, 4) is 0 Å². The molecule has 1 aliphatic rings. The van der Waals surface area contributed by atoms with Crippen LogP contribution >= 0.6 is 0 Å². The number of hydrogen-bond donors (Lipinski definition) is 1. The SMILES string of the molecule is CCNC(=O)C1CCN(S(=O)(=O)C=Cc2ccccc2)CC1. The second kappa shape index (κ2) is 7.56. The predicted octanol–water partition coefficient (Wildman–Crippen LogP) is 1.84. The molecule has 1 aromatic carbocycles. The number of carbonyl (C=O) groups excluding carboxylic acids is 1. The van der Waals surface area contributed by atoms with Crippen molar-refractivity contribution in [3.63, 3.8) is 0 Å². The Morgan fingerprint density at radius 2 is 1.91 bits per heavy atom. The van der Waals surface area contributed by atoms with Gasteiger partial charge < -0.3 is 5.32 Å². The molecule has 0 bridgehead atoms. The second-order valence-electron chi connectivity index (χ2n) is 5.33. The van der Waals surface area contributed by atoms with Gasteiger partial charge in [-0.3, -0.25) is 4.79 Å². The Kier molecular flexibility index (Phi) is 5.74. The van der Waals surface area contributed by atoms with E-state index in [-0.39, 0.29) is 11.8 Å². The smallest absolute Gasteiger partial charge is 0.236 e. The molecule has 1 aromatic rings. The van der Waals surface area contributed by atoms with Crippen LogP contribution in [-0.4, -0.2) is 38.3 Å². The molecule has 2 rings (SSSR count). The lowest BCUT2D eigenvalue weighted by Gasteiger charge is -2.29. The van der Waals surface area contributed by atoms with Crippen LogP contribution in [0.4, 0.5) is 0 Å². The van der Waals surface area contributed by atoms with Crippen LogP contribution in [0.2, 0.25) is 0 Å². The third-order valence-electron chi connectivity index (χ3n) is 3.77. The maximum absolute atomic E-state index is 12.3. The second-order valence-corrected chi connectivity index (χ2v) is 7.14. The standard InChI is InChI=1S/C16H22N2O3S/c1-2-17-16(19)15-8-11-18(12-9-15)22(20,21)13-10-14-6-4-3-5-7-14/h3-7,10,13,15H,2,8-9,11-12H2,1H3,(H,17,19). The van der Waals surface area contributed by atoms with Crippen LogP contribution in [0.3, 0.4) is 0 Å².